The van der Waals surface area contributed by atoms with Gasteiger partial charge in [0.15, 0.2) is 0 Å². The first kappa shape index (κ1) is 18.1. The van der Waals surface area contributed by atoms with Gasteiger partial charge in [0, 0.05) is 43.5 Å². The summed E-state index contributed by atoms with van der Waals surface area (Å²) >= 11 is 0. The molecule has 0 aliphatic carbocycles. The van der Waals surface area contributed by atoms with Crippen LogP contribution in [0.25, 0.3) is 0 Å². The zero-order valence-corrected chi connectivity index (χ0v) is 15.9. The fraction of sp³-hybridized carbons (Fsp3) is 0.381. The molecule has 1 aliphatic heterocycles. The first-order valence-corrected chi connectivity index (χ1v) is 8.85. The molecule has 1 amide bonds. The molecule has 1 atom stereocenters. The van der Waals surface area contributed by atoms with Gasteiger partial charge in [0.1, 0.15) is 11.5 Å². The van der Waals surface area contributed by atoms with Crippen molar-refractivity contribution in [3.8, 4) is 11.5 Å². The van der Waals surface area contributed by atoms with Gasteiger partial charge in [0.2, 0.25) is 0 Å². The van der Waals surface area contributed by atoms with Crippen LogP contribution in [-0.2, 0) is 0 Å². The maximum absolute atomic E-state index is 13.1. The summed E-state index contributed by atoms with van der Waals surface area (Å²) in [6, 6.07) is 13.6. The number of amides is 1. The second kappa shape index (κ2) is 7.68. The van der Waals surface area contributed by atoms with Crippen molar-refractivity contribution in [3.05, 3.63) is 53.6 Å². The SMILES string of the molecule is COc1ccc(C2CCCN2C(=O)c2ccc(N(C)C)cc2)c(OC)c1. The number of benzene rings is 2. The number of likely N-dealkylation sites (tertiary alicyclic amines) is 1. The molecular formula is C21H26N2O3. The van der Waals surface area contributed by atoms with Crippen LogP contribution in [0, 0.1) is 0 Å². The number of carbonyl (C=O) groups is 1. The number of ether oxygens (including phenoxy) is 2. The molecule has 1 fully saturated rings. The van der Waals surface area contributed by atoms with E-state index in [1.807, 2.05) is 66.4 Å². The van der Waals surface area contributed by atoms with Crippen molar-refractivity contribution in [1.29, 1.82) is 0 Å². The van der Waals surface area contributed by atoms with Crippen LogP contribution in [0.15, 0.2) is 42.5 Å². The average Bonchev–Trinajstić information content (AvgIpc) is 3.16. The Labute approximate surface area is 155 Å². The number of rotatable bonds is 5. The molecule has 5 heteroatoms. The van der Waals surface area contributed by atoms with Crippen molar-refractivity contribution in [2.45, 2.75) is 18.9 Å². The summed E-state index contributed by atoms with van der Waals surface area (Å²) in [5.74, 6) is 1.58. The number of hydrogen-bond acceptors (Lipinski definition) is 4. The zero-order valence-electron chi connectivity index (χ0n) is 15.9. The third kappa shape index (κ3) is 3.47. The smallest absolute Gasteiger partial charge is 0.254 e. The molecule has 5 nitrogen and oxygen atoms in total. The van der Waals surface area contributed by atoms with Gasteiger partial charge in [-0.1, -0.05) is 0 Å². The summed E-state index contributed by atoms with van der Waals surface area (Å²) in [6.07, 6.45) is 1.92. The van der Waals surface area contributed by atoms with E-state index in [1.165, 1.54) is 0 Å². The number of carbonyl (C=O) groups excluding carboxylic acids is 1. The van der Waals surface area contributed by atoms with E-state index in [9.17, 15) is 4.79 Å². The van der Waals surface area contributed by atoms with Crippen molar-refractivity contribution < 1.29 is 14.3 Å². The Kier molecular flexibility index (Phi) is 5.35. The van der Waals surface area contributed by atoms with Crippen LogP contribution in [0.1, 0.15) is 34.8 Å². The molecule has 2 aromatic rings. The Balaban J connectivity index is 1.87. The summed E-state index contributed by atoms with van der Waals surface area (Å²) in [7, 11) is 7.27. The van der Waals surface area contributed by atoms with Crippen molar-refractivity contribution in [2.24, 2.45) is 0 Å². The molecule has 0 aromatic heterocycles. The van der Waals surface area contributed by atoms with E-state index in [0.29, 0.717) is 0 Å². The second-order valence-corrected chi connectivity index (χ2v) is 6.71. The lowest BCUT2D eigenvalue weighted by molar-refractivity contribution is 0.0734. The average molecular weight is 354 g/mol. The summed E-state index contributed by atoms with van der Waals surface area (Å²) in [5.41, 5.74) is 2.83. The van der Waals surface area contributed by atoms with Gasteiger partial charge in [-0.3, -0.25) is 4.79 Å². The van der Waals surface area contributed by atoms with Gasteiger partial charge in [-0.15, -0.1) is 0 Å². The minimum absolute atomic E-state index is 0.0249. The normalized spacial score (nSPS) is 16.5. The topological polar surface area (TPSA) is 42.0 Å². The van der Waals surface area contributed by atoms with Crippen LogP contribution in [0.3, 0.4) is 0 Å². The van der Waals surface area contributed by atoms with Crippen LogP contribution in [0.2, 0.25) is 0 Å². The van der Waals surface area contributed by atoms with Crippen LogP contribution < -0.4 is 14.4 Å². The molecule has 26 heavy (non-hydrogen) atoms. The predicted octanol–water partition coefficient (Wildman–Crippen LogP) is 3.75. The highest BCUT2D eigenvalue weighted by Crippen LogP contribution is 2.39. The molecule has 1 unspecified atom stereocenters. The minimum Gasteiger partial charge on any atom is -0.497 e. The number of methoxy groups -OCH3 is 2. The van der Waals surface area contributed by atoms with Gasteiger partial charge >= 0.3 is 0 Å². The number of anilines is 1. The molecule has 0 N–H and O–H groups in total. The fourth-order valence-corrected chi connectivity index (χ4v) is 3.49. The summed E-state index contributed by atoms with van der Waals surface area (Å²) in [4.78, 5) is 17.1. The summed E-state index contributed by atoms with van der Waals surface area (Å²) in [6.45, 7) is 0.758. The maximum atomic E-state index is 13.1. The Hall–Kier alpha value is -2.69. The zero-order chi connectivity index (χ0) is 18.7. The van der Waals surface area contributed by atoms with Gasteiger partial charge in [-0.2, -0.15) is 0 Å². The molecule has 0 bridgehead atoms. The lowest BCUT2D eigenvalue weighted by Gasteiger charge is -2.27. The summed E-state index contributed by atoms with van der Waals surface area (Å²) < 4.78 is 10.8. The Bertz CT molecular complexity index is 771. The van der Waals surface area contributed by atoms with Crippen LogP contribution in [-0.4, -0.2) is 45.7 Å². The largest absolute Gasteiger partial charge is 0.497 e. The van der Waals surface area contributed by atoms with Crippen molar-refractivity contribution in [2.75, 3.05) is 39.8 Å². The molecule has 2 aromatic carbocycles. The molecule has 138 valence electrons. The lowest BCUT2D eigenvalue weighted by atomic mass is 10.0. The standard InChI is InChI=1S/C21H26N2O3/c1-22(2)16-9-7-15(8-10-16)21(24)23-13-5-6-19(23)18-12-11-17(25-3)14-20(18)26-4/h7-12,14,19H,5-6,13H2,1-4H3. The minimum atomic E-state index is 0.0249. The molecule has 0 spiro atoms. The Morgan fingerprint density at radius 2 is 1.81 bits per heavy atom. The lowest BCUT2D eigenvalue weighted by Crippen LogP contribution is -2.30. The van der Waals surface area contributed by atoms with Gasteiger partial charge in [-0.25, -0.2) is 0 Å². The van der Waals surface area contributed by atoms with Crippen LogP contribution in [0.5, 0.6) is 11.5 Å². The molecule has 0 saturated carbocycles. The van der Waals surface area contributed by atoms with Gasteiger partial charge in [0.25, 0.3) is 5.91 Å². The molecule has 1 heterocycles. The third-order valence-electron chi connectivity index (χ3n) is 4.94. The van der Waals surface area contributed by atoms with Gasteiger partial charge < -0.3 is 19.3 Å². The maximum Gasteiger partial charge on any atom is 0.254 e. The van der Waals surface area contributed by atoms with E-state index in [2.05, 4.69) is 0 Å². The van der Waals surface area contributed by atoms with E-state index < -0.39 is 0 Å². The highest BCUT2D eigenvalue weighted by Gasteiger charge is 2.32. The Morgan fingerprint density at radius 1 is 1.08 bits per heavy atom. The van der Waals surface area contributed by atoms with E-state index >= 15 is 0 Å². The number of hydrogen-bond donors (Lipinski definition) is 0. The Morgan fingerprint density at radius 3 is 2.42 bits per heavy atom. The molecule has 3 rings (SSSR count). The fourth-order valence-electron chi connectivity index (χ4n) is 3.49. The number of nitrogens with zero attached hydrogens (tertiary/aromatic N) is 2. The quantitative estimate of drug-likeness (QED) is 0.820. The van der Waals surface area contributed by atoms with Crippen LogP contribution in [0.4, 0.5) is 5.69 Å². The van der Waals surface area contributed by atoms with Gasteiger partial charge in [0.05, 0.1) is 20.3 Å². The van der Waals surface area contributed by atoms with Gasteiger partial charge in [-0.05, 0) is 49.2 Å². The first-order chi connectivity index (χ1) is 12.5. The van der Waals surface area contributed by atoms with Crippen molar-refractivity contribution in [1.82, 2.24) is 4.90 Å². The molecular weight excluding hydrogens is 328 g/mol. The van der Waals surface area contributed by atoms with Crippen molar-refractivity contribution >= 4 is 11.6 Å². The predicted molar refractivity (Wildman–Crippen MR) is 103 cm³/mol. The van der Waals surface area contributed by atoms with E-state index in [4.69, 9.17) is 9.47 Å². The third-order valence-corrected chi connectivity index (χ3v) is 4.94. The molecule has 1 saturated heterocycles. The second-order valence-electron chi connectivity index (χ2n) is 6.71. The van der Waals surface area contributed by atoms with E-state index in [-0.39, 0.29) is 11.9 Å². The van der Waals surface area contributed by atoms with E-state index in [1.54, 1.807) is 14.2 Å². The molecule has 1 aliphatic rings. The monoisotopic (exact) mass is 354 g/mol. The van der Waals surface area contributed by atoms with E-state index in [0.717, 1.165) is 47.7 Å². The first-order valence-electron chi connectivity index (χ1n) is 8.85. The molecule has 0 radical (unpaired) electrons. The van der Waals surface area contributed by atoms with Crippen LogP contribution >= 0.6 is 0 Å². The summed E-state index contributed by atoms with van der Waals surface area (Å²) in [5, 5.41) is 0. The van der Waals surface area contributed by atoms with Crippen molar-refractivity contribution in [3.63, 3.8) is 0 Å². The highest BCUT2D eigenvalue weighted by molar-refractivity contribution is 5.95. The highest BCUT2D eigenvalue weighted by atomic mass is 16.5.